The van der Waals surface area contributed by atoms with Gasteiger partial charge < -0.3 is 25.4 Å². The lowest BCUT2D eigenvalue weighted by Gasteiger charge is -2.27. The van der Waals surface area contributed by atoms with E-state index in [9.17, 15) is 9.67 Å². The van der Waals surface area contributed by atoms with Crippen molar-refractivity contribution in [3.8, 4) is 5.75 Å². The van der Waals surface area contributed by atoms with E-state index in [1.807, 2.05) is 72.8 Å². The van der Waals surface area contributed by atoms with Crippen molar-refractivity contribution >= 4 is 31.2 Å². The highest BCUT2D eigenvalue weighted by molar-refractivity contribution is 7.99. The van der Waals surface area contributed by atoms with Crippen LogP contribution < -0.4 is 10.5 Å². The van der Waals surface area contributed by atoms with E-state index in [0.717, 1.165) is 26.7 Å². The molecular formula is C24H27ClNO6PS. The van der Waals surface area contributed by atoms with E-state index in [-0.39, 0.29) is 6.42 Å². The van der Waals surface area contributed by atoms with Crippen LogP contribution in [-0.4, -0.2) is 33.6 Å². The Hall–Kier alpha value is -1.87. The molecule has 0 fully saturated rings. The van der Waals surface area contributed by atoms with Gasteiger partial charge in [-0.25, -0.2) is 4.57 Å². The minimum Gasteiger partial charge on any atom is -0.489 e. The Bertz CT molecular complexity index is 1130. The summed E-state index contributed by atoms with van der Waals surface area (Å²) in [6.07, 6.45) is 0.644. The van der Waals surface area contributed by atoms with Gasteiger partial charge in [0.1, 0.15) is 12.4 Å². The average molecular weight is 524 g/mol. The molecule has 0 spiro atoms. The molecule has 3 rings (SSSR count). The maximum Gasteiger partial charge on any atom is 0.469 e. The monoisotopic (exact) mass is 523 g/mol. The van der Waals surface area contributed by atoms with E-state index in [1.54, 1.807) is 11.8 Å². The molecular weight excluding hydrogens is 497 g/mol. The van der Waals surface area contributed by atoms with E-state index < -0.39 is 26.6 Å². The van der Waals surface area contributed by atoms with E-state index in [2.05, 4.69) is 4.52 Å². The SMILES string of the molecule is N[C@](CO)(CCc1ccc(Sc2cccc(OCc3ccccc3)c2)cc1Cl)COP(=O)(O)O. The van der Waals surface area contributed by atoms with Gasteiger partial charge in [-0.05, 0) is 54.3 Å². The summed E-state index contributed by atoms with van der Waals surface area (Å²) in [5.41, 5.74) is 6.65. The molecule has 0 saturated heterocycles. The summed E-state index contributed by atoms with van der Waals surface area (Å²) in [5.74, 6) is 0.775. The van der Waals surface area contributed by atoms with Crippen molar-refractivity contribution in [2.75, 3.05) is 13.2 Å². The molecule has 0 aromatic heterocycles. The van der Waals surface area contributed by atoms with Crippen LogP contribution in [0.25, 0.3) is 0 Å². The summed E-state index contributed by atoms with van der Waals surface area (Å²) < 4.78 is 21.3. The second-order valence-corrected chi connectivity index (χ2v) is 10.7. The van der Waals surface area contributed by atoms with Crippen LogP contribution in [0.3, 0.4) is 0 Å². The number of nitrogens with two attached hydrogens (primary N) is 1. The molecule has 1 atom stereocenters. The highest BCUT2D eigenvalue weighted by Crippen LogP contribution is 2.37. The molecule has 0 saturated carbocycles. The van der Waals surface area contributed by atoms with Crippen molar-refractivity contribution in [2.24, 2.45) is 5.73 Å². The number of ether oxygens (including phenoxy) is 1. The fourth-order valence-corrected chi connectivity index (χ4v) is 4.76. The average Bonchev–Trinajstić information content (AvgIpc) is 2.81. The van der Waals surface area contributed by atoms with Gasteiger partial charge in [0.15, 0.2) is 0 Å². The summed E-state index contributed by atoms with van der Waals surface area (Å²) >= 11 is 8.02. The van der Waals surface area contributed by atoms with Crippen LogP contribution in [0.1, 0.15) is 17.5 Å². The molecule has 0 heterocycles. The minimum absolute atomic E-state index is 0.233. The van der Waals surface area contributed by atoms with E-state index >= 15 is 0 Å². The zero-order chi connectivity index (χ0) is 24.6. The zero-order valence-corrected chi connectivity index (χ0v) is 20.8. The lowest BCUT2D eigenvalue weighted by Crippen LogP contribution is -2.48. The molecule has 5 N–H and O–H groups in total. The quantitative estimate of drug-likeness (QED) is 0.250. The van der Waals surface area contributed by atoms with Gasteiger partial charge in [0.05, 0.1) is 18.8 Å². The topological polar surface area (TPSA) is 122 Å². The van der Waals surface area contributed by atoms with E-state index in [0.29, 0.717) is 18.1 Å². The Kier molecular flexibility index (Phi) is 9.59. The molecule has 182 valence electrons. The third kappa shape index (κ3) is 8.73. The number of phosphoric acid groups is 1. The fraction of sp³-hybridized carbons (Fsp3) is 0.250. The number of benzene rings is 3. The highest BCUT2D eigenvalue weighted by atomic mass is 35.5. The third-order valence-corrected chi connectivity index (χ3v) is 6.84. The highest BCUT2D eigenvalue weighted by Gasteiger charge is 2.28. The summed E-state index contributed by atoms with van der Waals surface area (Å²) in [7, 11) is -4.67. The van der Waals surface area contributed by atoms with Crippen LogP contribution in [0.5, 0.6) is 5.75 Å². The lowest BCUT2D eigenvalue weighted by molar-refractivity contribution is 0.102. The number of aliphatic hydroxyl groups excluding tert-OH is 1. The van der Waals surface area contributed by atoms with Crippen LogP contribution in [-0.2, 0) is 22.1 Å². The van der Waals surface area contributed by atoms with Crippen LogP contribution in [0.2, 0.25) is 5.02 Å². The van der Waals surface area contributed by atoms with Crippen molar-refractivity contribution in [1.29, 1.82) is 0 Å². The van der Waals surface area contributed by atoms with Crippen LogP contribution in [0.4, 0.5) is 0 Å². The minimum atomic E-state index is -4.67. The first-order chi connectivity index (χ1) is 16.2. The molecule has 3 aromatic carbocycles. The largest absolute Gasteiger partial charge is 0.489 e. The maximum absolute atomic E-state index is 10.9. The molecule has 0 amide bonds. The fourth-order valence-electron chi connectivity index (χ4n) is 3.09. The van der Waals surface area contributed by atoms with E-state index in [1.165, 1.54) is 0 Å². The number of halogens is 1. The second kappa shape index (κ2) is 12.2. The van der Waals surface area contributed by atoms with Crippen molar-refractivity contribution in [1.82, 2.24) is 0 Å². The molecule has 0 bridgehead atoms. The molecule has 0 aliphatic carbocycles. The normalized spacial score (nSPS) is 13.4. The molecule has 7 nitrogen and oxygen atoms in total. The first kappa shape index (κ1) is 26.7. The molecule has 0 aliphatic heterocycles. The predicted molar refractivity (Wildman–Crippen MR) is 133 cm³/mol. The Morgan fingerprint density at radius 2 is 1.74 bits per heavy atom. The molecule has 34 heavy (non-hydrogen) atoms. The molecule has 10 heteroatoms. The summed E-state index contributed by atoms with van der Waals surface area (Å²) in [4.78, 5) is 19.7. The number of aliphatic hydroxyl groups is 1. The summed E-state index contributed by atoms with van der Waals surface area (Å²) in [6.45, 7) is -0.464. The number of hydrogen-bond donors (Lipinski definition) is 4. The number of rotatable bonds is 12. The maximum atomic E-state index is 10.9. The van der Waals surface area contributed by atoms with Crippen molar-refractivity contribution < 1.29 is 28.7 Å². The number of aryl methyl sites for hydroxylation is 1. The van der Waals surface area contributed by atoms with Crippen LogP contribution >= 0.6 is 31.2 Å². The van der Waals surface area contributed by atoms with Crippen LogP contribution in [0, 0.1) is 0 Å². The molecule has 0 radical (unpaired) electrons. The van der Waals surface area contributed by atoms with Crippen molar-refractivity contribution in [3.63, 3.8) is 0 Å². The summed E-state index contributed by atoms with van der Waals surface area (Å²) in [5, 5.41) is 10.1. The van der Waals surface area contributed by atoms with Gasteiger partial charge in [0.2, 0.25) is 0 Å². The van der Waals surface area contributed by atoms with Crippen LogP contribution in [0.15, 0.2) is 82.6 Å². The lowest BCUT2D eigenvalue weighted by atomic mass is 9.94. The number of hydrogen-bond acceptors (Lipinski definition) is 6. The number of phosphoric ester groups is 1. The Balaban J connectivity index is 1.59. The van der Waals surface area contributed by atoms with Gasteiger partial charge in [0, 0.05) is 14.8 Å². The second-order valence-electron chi connectivity index (χ2n) is 7.89. The zero-order valence-electron chi connectivity index (χ0n) is 18.3. The molecule has 0 unspecified atom stereocenters. The van der Waals surface area contributed by atoms with Gasteiger partial charge in [-0.15, -0.1) is 0 Å². The Labute approximate surface area is 208 Å². The Morgan fingerprint density at radius 3 is 2.41 bits per heavy atom. The molecule has 3 aromatic rings. The van der Waals surface area contributed by atoms with Gasteiger partial charge in [-0.3, -0.25) is 4.52 Å². The third-order valence-electron chi connectivity index (χ3n) is 5.04. The Morgan fingerprint density at radius 1 is 1.00 bits per heavy atom. The smallest absolute Gasteiger partial charge is 0.469 e. The molecule has 0 aliphatic rings. The van der Waals surface area contributed by atoms with Gasteiger partial charge in [-0.1, -0.05) is 65.8 Å². The van der Waals surface area contributed by atoms with Gasteiger partial charge >= 0.3 is 7.82 Å². The standard InChI is InChI=1S/C24H27ClNO6PS/c25-23-14-22(10-9-19(23)11-12-24(26,16-27)17-32-33(28,29)30)34-21-8-4-7-20(13-21)31-15-18-5-2-1-3-6-18/h1-10,13-14,27H,11-12,15-17,26H2,(H2,28,29,30)/t24-/m0/s1. The van der Waals surface area contributed by atoms with Crippen molar-refractivity contribution in [3.05, 3.63) is 88.9 Å². The van der Waals surface area contributed by atoms with Gasteiger partial charge in [0.25, 0.3) is 0 Å². The first-order valence-corrected chi connectivity index (χ1v) is 13.2. The predicted octanol–water partition coefficient (Wildman–Crippen LogP) is 4.80. The first-order valence-electron chi connectivity index (χ1n) is 10.5. The van der Waals surface area contributed by atoms with E-state index in [4.69, 9.17) is 31.9 Å². The summed E-state index contributed by atoms with van der Waals surface area (Å²) in [6, 6.07) is 23.4. The van der Waals surface area contributed by atoms with Gasteiger partial charge in [-0.2, -0.15) is 0 Å². The van der Waals surface area contributed by atoms with Crippen molar-refractivity contribution in [2.45, 2.75) is 34.8 Å².